The van der Waals surface area contributed by atoms with Crippen LogP contribution in [0.5, 0.6) is 0 Å². The number of hydrogen-bond donors (Lipinski definition) is 0. The second-order valence-electron chi connectivity index (χ2n) is 5.88. The molecular formula is C16H21N3O2S. The first-order valence-electron chi connectivity index (χ1n) is 7.20. The van der Waals surface area contributed by atoms with Crippen molar-refractivity contribution in [2.24, 2.45) is 0 Å². The van der Waals surface area contributed by atoms with Crippen LogP contribution in [0.4, 0.5) is 9.80 Å². The van der Waals surface area contributed by atoms with E-state index in [9.17, 15) is 4.79 Å². The third-order valence-corrected chi connectivity index (χ3v) is 4.09. The average Bonchev–Trinajstić information content (AvgIpc) is 2.81. The fraction of sp³-hybridized carbons (Fsp3) is 0.438. The Morgan fingerprint density at radius 2 is 2.14 bits per heavy atom. The maximum absolute atomic E-state index is 12.4. The first kappa shape index (κ1) is 16.4. The summed E-state index contributed by atoms with van der Waals surface area (Å²) in [7, 11) is 0. The fourth-order valence-corrected chi connectivity index (χ4v) is 3.04. The Balaban J connectivity index is 2.31. The lowest BCUT2D eigenvalue weighted by Gasteiger charge is -2.25. The molecule has 0 spiro atoms. The molecule has 0 aliphatic heterocycles. The zero-order chi connectivity index (χ0) is 16.3. The number of aromatic nitrogens is 2. The number of anilines is 1. The van der Waals surface area contributed by atoms with E-state index in [1.54, 1.807) is 17.3 Å². The Morgan fingerprint density at radius 3 is 2.68 bits per heavy atom. The predicted octanol–water partition coefficient (Wildman–Crippen LogP) is 4.27. The third kappa shape index (κ3) is 3.82. The number of nitrogens with zero attached hydrogens (tertiary/aromatic N) is 3. The van der Waals surface area contributed by atoms with Crippen LogP contribution in [0.3, 0.4) is 0 Å². The Labute approximate surface area is 135 Å². The molecule has 0 aliphatic rings. The summed E-state index contributed by atoms with van der Waals surface area (Å²) in [6.07, 6.45) is 3.15. The van der Waals surface area contributed by atoms with Crippen molar-refractivity contribution in [1.82, 2.24) is 9.97 Å². The number of ether oxygens (including phenoxy) is 1. The van der Waals surface area contributed by atoms with E-state index in [4.69, 9.17) is 4.74 Å². The van der Waals surface area contributed by atoms with E-state index in [0.29, 0.717) is 6.54 Å². The van der Waals surface area contributed by atoms with Gasteiger partial charge in [0.15, 0.2) is 0 Å². The largest absolute Gasteiger partial charge is 0.443 e. The van der Waals surface area contributed by atoms with Crippen LogP contribution in [0, 0.1) is 6.92 Å². The van der Waals surface area contributed by atoms with Crippen molar-refractivity contribution in [3.63, 3.8) is 0 Å². The lowest BCUT2D eigenvalue weighted by atomic mass is 10.2. The first-order valence-corrected chi connectivity index (χ1v) is 8.02. The van der Waals surface area contributed by atoms with Gasteiger partial charge in [0.25, 0.3) is 0 Å². The molecule has 0 saturated heterocycles. The third-order valence-electron chi connectivity index (χ3n) is 2.86. The Morgan fingerprint density at radius 1 is 1.41 bits per heavy atom. The van der Waals surface area contributed by atoms with Gasteiger partial charge in [-0.25, -0.2) is 9.78 Å². The number of carbonyl (C=O) groups excluding carboxylic acids is 1. The Bertz CT molecular complexity index is 647. The van der Waals surface area contributed by atoms with E-state index in [-0.39, 0.29) is 6.09 Å². The van der Waals surface area contributed by atoms with Crippen molar-refractivity contribution in [2.45, 2.75) is 40.2 Å². The lowest BCUT2D eigenvalue weighted by molar-refractivity contribution is 0.0583. The van der Waals surface area contributed by atoms with Gasteiger partial charge in [0, 0.05) is 24.5 Å². The number of rotatable bonds is 3. The molecule has 5 nitrogen and oxygen atoms in total. The van der Waals surface area contributed by atoms with E-state index in [2.05, 4.69) is 9.97 Å². The van der Waals surface area contributed by atoms with Crippen LogP contribution in [0.15, 0.2) is 24.5 Å². The van der Waals surface area contributed by atoms with Crippen LogP contribution in [-0.2, 0) is 4.74 Å². The molecule has 0 bridgehead atoms. The van der Waals surface area contributed by atoms with Crippen LogP contribution < -0.4 is 4.90 Å². The van der Waals surface area contributed by atoms with Gasteiger partial charge in [0.2, 0.25) is 0 Å². The van der Waals surface area contributed by atoms with Gasteiger partial charge in [-0.15, -0.1) is 0 Å². The lowest BCUT2D eigenvalue weighted by Crippen LogP contribution is -2.36. The van der Waals surface area contributed by atoms with Gasteiger partial charge in [-0.2, -0.15) is 0 Å². The van der Waals surface area contributed by atoms with Gasteiger partial charge in [0.1, 0.15) is 15.6 Å². The zero-order valence-electron chi connectivity index (χ0n) is 13.6. The molecule has 118 valence electrons. The highest BCUT2D eigenvalue weighted by atomic mass is 32.1. The monoisotopic (exact) mass is 319 g/mol. The maximum atomic E-state index is 12.4. The normalized spacial score (nSPS) is 11.3. The van der Waals surface area contributed by atoms with Crippen LogP contribution >= 0.6 is 11.3 Å². The van der Waals surface area contributed by atoms with Gasteiger partial charge in [-0.1, -0.05) is 11.3 Å². The van der Waals surface area contributed by atoms with Crippen molar-refractivity contribution in [2.75, 3.05) is 11.4 Å². The van der Waals surface area contributed by atoms with Crippen molar-refractivity contribution >= 4 is 22.4 Å². The van der Waals surface area contributed by atoms with E-state index in [1.165, 1.54) is 11.3 Å². The van der Waals surface area contributed by atoms with Crippen LogP contribution in [0.25, 0.3) is 10.6 Å². The molecule has 0 saturated carbocycles. The standard InChI is InChI=1S/C16H21N3O2S/c1-6-19(15(20)21-16(3,4)5)14-11(2)18-13(22-14)12-8-7-9-17-10-12/h7-10H,6H2,1-5H3. The average molecular weight is 319 g/mol. The Hall–Kier alpha value is -1.95. The minimum atomic E-state index is -0.519. The number of amides is 1. The molecule has 22 heavy (non-hydrogen) atoms. The molecule has 2 rings (SSSR count). The number of hydrogen-bond acceptors (Lipinski definition) is 5. The summed E-state index contributed by atoms with van der Waals surface area (Å²) < 4.78 is 5.47. The summed E-state index contributed by atoms with van der Waals surface area (Å²) in [6.45, 7) is 9.94. The van der Waals surface area contributed by atoms with Gasteiger partial charge < -0.3 is 4.74 Å². The zero-order valence-corrected chi connectivity index (χ0v) is 14.4. The topological polar surface area (TPSA) is 55.3 Å². The van der Waals surface area contributed by atoms with Crippen LogP contribution in [-0.4, -0.2) is 28.2 Å². The summed E-state index contributed by atoms with van der Waals surface area (Å²) in [5.41, 5.74) is 1.24. The number of pyridine rings is 1. The van der Waals surface area contributed by atoms with E-state index in [1.807, 2.05) is 46.8 Å². The van der Waals surface area contributed by atoms with Gasteiger partial charge in [-0.3, -0.25) is 9.88 Å². The summed E-state index contributed by atoms with van der Waals surface area (Å²) >= 11 is 1.47. The molecule has 0 fully saturated rings. The molecule has 2 aromatic heterocycles. The number of thiazole rings is 1. The molecule has 0 radical (unpaired) electrons. The highest BCUT2D eigenvalue weighted by Gasteiger charge is 2.25. The van der Waals surface area contributed by atoms with Crippen molar-refractivity contribution < 1.29 is 9.53 Å². The second-order valence-corrected chi connectivity index (χ2v) is 6.85. The van der Waals surface area contributed by atoms with Crippen molar-refractivity contribution in [3.05, 3.63) is 30.2 Å². The summed E-state index contributed by atoms with van der Waals surface area (Å²) in [4.78, 5) is 22.6. The fourth-order valence-electron chi connectivity index (χ4n) is 1.92. The van der Waals surface area contributed by atoms with E-state index in [0.717, 1.165) is 21.3 Å². The molecule has 2 aromatic rings. The maximum Gasteiger partial charge on any atom is 0.415 e. The van der Waals surface area contributed by atoms with Crippen molar-refractivity contribution in [3.8, 4) is 10.6 Å². The van der Waals surface area contributed by atoms with E-state index >= 15 is 0 Å². The molecule has 2 heterocycles. The molecule has 0 aliphatic carbocycles. The van der Waals surface area contributed by atoms with Crippen molar-refractivity contribution in [1.29, 1.82) is 0 Å². The van der Waals surface area contributed by atoms with Crippen LogP contribution in [0.2, 0.25) is 0 Å². The minimum absolute atomic E-state index is 0.348. The molecule has 0 aromatic carbocycles. The van der Waals surface area contributed by atoms with E-state index < -0.39 is 5.60 Å². The SMILES string of the molecule is CCN(C(=O)OC(C)(C)C)c1sc(-c2cccnc2)nc1C. The molecule has 0 N–H and O–H groups in total. The van der Waals surface area contributed by atoms with Crippen LogP contribution in [0.1, 0.15) is 33.4 Å². The highest BCUT2D eigenvalue weighted by molar-refractivity contribution is 7.19. The predicted molar refractivity (Wildman–Crippen MR) is 89.3 cm³/mol. The molecule has 0 atom stereocenters. The summed E-state index contributed by atoms with van der Waals surface area (Å²) in [6, 6.07) is 3.83. The summed E-state index contributed by atoms with van der Waals surface area (Å²) in [5.74, 6) is 0. The van der Waals surface area contributed by atoms with Gasteiger partial charge in [-0.05, 0) is 46.8 Å². The molecular weight excluding hydrogens is 298 g/mol. The Kier molecular flexibility index (Phi) is 4.81. The number of aryl methyl sites for hydroxylation is 1. The van der Waals surface area contributed by atoms with Gasteiger partial charge >= 0.3 is 6.09 Å². The molecule has 6 heteroatoms. The van der Waals surface area contributed by atoms with Gasteiger partial charge in [0.05, 0.1) is 5.69 Å². The smallest absolute Gasteiger partial charge is 0.415 e. The molecule has 1 amide bonds. The summed E-state index contributed by atoms with van der Waals surface area (Å²) in [5, 5.41) is 1.67. The second kappa shape index (κ2) is 6.44. The number of carbonyl (C=O) groups is 1. The molecule has 0 unspecified atom stereocenters. The highest BCUT2D eigenvalue weighted by Crippen LogP contribution is 2.34. The minimum Gasteiger partial charge on any atom is -0.443 e. The quantitative estimate of drug-likeness (QED) is 0.847. The first-order chi connectivity index (χ1) is 10.3.